The monoisotopic (exact) mass is 525 g/mol. The fraction of sp³-hybridized carbons (Fsp3) is 0.212. The summed E-state index contributed by atoms with van der Waals surface area (Å²) in [5.74, 6) is 0.599. The summed E-state index contributed by atoms with van der Waals surface area (Å²) in [4.78, 5) is 11.8. The van der Waals surface area contributed by atoms with Crippen LogP contribution >= 0.6 is 0 Å². The standard InChI is InChI=1S/C33H30F3N3/c1-31(2)29(38-30(32(31,3)4)37-25-19-17-24(18-20-25)33(34,35)36)23-15-21-28(22-16-23)39(26-11-7-5-8-12-26)27-13-9-6-10-14-27/h5-22H,1-4H3. The molecule has 0 amide bonds. The first-order valence-electron chi connectivity index (χ1n) is 12.8. The minimum atomic E-state index is -4.38. The van der Waals surface area contributed by atoms with E-state index in [0.29, 0.717) is 11.5 Å². The van der Waals surface area contributed by atoms with Gasteiger partial charge in [0.15, 0.2) is 0 Å². The highest BCUT2D eigenvalue weighted by molar-refractivity contribution is 6.18. The molecule has 1 aliphatic rings. The predicted octanol–water partition coefficient (Wildman–Crippen LogP) is 9.76. The molecule has 39 heavy (non-hydrogen) atoms. The molecule has 4 aromatic rings. The number of benzene rings is 4. The highest BCUT2D eigenvalue weighted by Gasteiger charge is 2.50. The first-order valence-corrected chi connectivity index (χ1v) is 12.8. The highest BCUT2D eigenvalue weighted by atomic mass is 19.4. The molecule has 0 saturated heterocycles. The van der Waals surface area contributed by atoms with Crippen LogP contribution in [0, 0.1) is 10.8 Å². The molecular weight excluding hydrogens is 495 g/mol. The van der Waals surface area contributed by atoms with Crippen LogP contribution in [0.3, 0.4) is 0 Å². The maximum atomic E-state index is 13.0. The van der Waals surface area contributed by atoms with E-state index in [1.807, 2.05) is 36.4 Å². The van der Waals surface area contributed by atoms with Crippen molar-refractivity contribution in [2.45, 2.75) is 33.9 Å². The van der Waals surface area contributed by atoms with E-state index in [9.17, 15) is 13.2 Å². The molecule has 3 nitrogen and oxygen atoms in total. The lowest BCUT2D eigenvalue weighted by Crippen LogP contribution is -2.38. The van der Waals surface area contributed by atoms with Crippen molar-refractivity contribution in [3.63, 3.8) is 0 Å². The van der Waals surface area contributed by atoms with Crippen molar-refractivity contribution in [3.05, 3.63) is 120 Å². The number of rotatable bonds is 5. The Balaban J connectivity index is 1.51. The summed E-state index contributed by atoms with van der Waals surface area (Å²) in [6, 6.07) is 33.6. The Morgan fingerprint density at radius 1 is 0.615 bits per heavy atom. The number of anilines is 3. The number of halogens is 3. The molecule has 0 aromatic heterocycles. The fourth-order valence-corrected chi connectivity index (χ4v) is 4.77. The molecule has 0 bridgehead atoms. The van der Waals surface area contributed by atoms with Crippen LogP contribution in [0.2, 0.25) is 0 Å². The molecule has 0 aliphatic carbocycles. The molecule has 0 saturated carbocycles. The average molecular weight is 526 g/mol. The molecule has 1 aliphatic heterocycles. The maximum absolute atomic E-state index is 13.0. The lowest BCUT2D eigenvalue weighted by Gasteiger charge is -2.35. The lowest BCUT2D eigenvalue weighted by molar-refractivity contribution is -0.137. The Kier molecular flexibility index (Phi) is 6.67. The van der Waals surface area contributed by atoms with E-state index in [4.69, 9.17) is 4.99 Å². The van der Waals surface area contributed by atoms with Gasteiger partial charge in [-0.05, 0) is 66.2 Å². The van der Waals surface area contributed by atoms with Gasteiger partial charge in [-0.25, -0.2) is 9.98 Å². The summed E-state index contributed by atoms with van der Waals surface area (Å²) in [6.07, 6.45) is -4.38. The van der Waals surface area contributed by atoms with Crippen LogP contribution in [0.15, 0.2) is 119 Å². The zero-order chi connectivity index (χ0) is 27.8. The number of alkyl halides is 3. The number of amidine groups is 1. The summed E-state index contributed by atoms with van der Waals surface area (Å²) >= 11 is 0. The second-order valence-electron chi connectivity index (χ2n) is 10.7. The molecule has 4 aromatic carbocycles. The average Bonchev–Trinajstić information content (AvgIpc) is 3.09. The van der Waals surface area contributed by atoms with Gasteiger partial charge in [0.25, 0.3) is 0 Å². The van der Waals surface area contributed by atoms with Gasteiger partial charge in [-0.1, -0.05) is 76.2 Å². The first-order chi connectivity index (χ1) is 18.5. The number of hydrogen-bond acceptors (Lipinski definition) is 2. The largest absolute Gasteiger partial charge is 0.416 e. The molecule has 0 radical (unpaired) electrons. The van der Waals surface area contributed by atoms with Gasteiger partial charge in [-0.15, -0.1) is 0 Å². The van der Waals surface area contributed by atoms with Crippen molar-refractivity contribution in [1.29, 1.82) is 0 Å². The molecule has 0 unspecified atom stereocenters. The van der Waals surface area contributed by atoms with Crippen LogP contribution < -0.4 is 4.90 Å². The Bertz CT molecular complexity index is 1460. The Hall–Kier alpha value is -4.19. The van der Waals surface area contributed by atoms with Gasteiger partial charge < -0.3 is 4.90 Å². The Morgan fingerprint density at radius 3 is 1.59 bits per heavy atom. The second-order valence-corrected chi connectivity index (χ2v) is 10.7. The van der Waals surface area contributed by atoms with Gasteiger partial charge in [0.1, 0.15) is 5.84 Å². The lowest BCUT2D eigenvalue weighted by atomic mass is 9.65. The van der Waals surface area contributed by atoms with Crippen molar-refractivity contribution in [3.8, 4) is 0 Å². The Morgan fingerprint density at radius 2 is 1.10 bits per heavy atom. The van der Waals surface area contributed by atoms with E-state index < -0.39 is 17.2 Å². The Labute approximate surface area is 227 Å². The van der Waals surface area contributed by atoms with Crippen molar-refractivity contribution < 1.29 is 13.2 Å². The van der Waals surface area contributed by atoms with Crippen LogP contribution in [0.4, 0.5) is 35.9 Å². The van der Waals surface area contributed by atoms with Crippen LogP contribution in [0.1, 0.15) is 38.8 Å². The summed E-state index contributed by atoms with van der Waals surface area (Å²) in [7, 11) is 0. The van der Waals surface area contributed by atoms with Crippen LogP contribution in [0.25, 0.3) is 0 Å². The van der Waals surface area contributed by atoms with Crippen LogP contribution in [0.5, 0.6) is 0 Å². The van der Waals surface area contributed by atoms with E-state index in [1.54, 1.807) is 0 Å². The summed E-state index contributed by atoms with van der Waals surface area (Å²) in [5, 5.41) is 0. The quantitative estimate of drug-likeness (QED) is 0.255. The summed E-state index contributed by atoms with van der Waals surface area (Å²) < 4.78 is 39.0. The van der Waals surface area contributed by atoms with E-state index in [-0.39, 0.29) is 5.41 Å². The minimum absolute atomic E-state index is 0.363. The summed E-state index contributed by atoms with van der Waals surface area (Å²) in [5.41, 5.74) is 3.97. The topological polar surface area (TPSA) is 28.0 Å². The zero-order valence-corrected chi connectivity index (χ0v) is 22.4. The van der Waals surface area contributed by atoms with E-state index in [0.717, 1.165) is 40.5 Å². The molecule has 0 spiro atoms. The van der Waals surface area contributed by atoms with Crippen LogP contribution in [-0.4, -0.2) is 11.5 Å². The summed E-state index contributed by atoms with van der Waals surface area (Å²) in [6.45, 7) is 8.42. The maximum Gasteiger partial charge on any atom is 0.416 e. The van der Waals surface area contributed by atoms with Gasteiger partial charge in [0.2, 0.25) is 0 Å². The SMILES string of the molecule is CC1(C)C(=Nc2ccc(C(F)(F)F)cc2)N=C(c2ccc(N(c3ccccc3)c3ccccc3)cc2)C1(C)C. The molecular formula is C33H30F3N3. The number of hydrogen-bond donors (Lipinski definition) is 0. The zero-order valence-electron chi connectivity index (χ0n) is 22.4. The molecule has 5 rings (SSSR count). The van der Waals surface area contributed by atoms with Gasteiger partial charge in [0.05, 0.1) is 17.0 Å². The van der Waals surface area contributed by atoms with E-state index in [1.165, 1.54) is 12.1 Å². The fourth-order valence-electron chi connectivity index (χ4n) is 4.77. The van der Waals surface area contributed by atoms with Gasteiger partial charge in [0, 0.05) is 27.9 Å². The predicted molar refractivity (Wildman–Crippen MR) is 154 cm³/mol. The molecule has 6 heteroatoms. The van der Waals surface area contributed by atoms with Gasteiger partial charge >= 0.3 is 6.18 Å². The second kappa shape index (κ2) is 9.84. The third-order valence-electron chi connectivity index (χ3n) is 7.79. The van der Waals surface area contributed by atoms with Crippen molar-refractivity contribution in [1.82, 2.24) is 0 Å². The molecule has 198 valence electrons. The van der Waals surface area contributed by atoms with E-state index >= 15 is 0 Å². The molecule has 0 N–H and O–H groups in total. The van der Waals surface area contributed by atoms with Crippen molar-refractivity contribution in [2.75, 3.05) is 4.90 Å². The van der Waals surface area contributed by atoms with Crippen molar-refractivity contribution >= 4 is 34.3 Å². The first kappa shape index (κ1) is 26.4. The van der Waals surface area contributed by atoms with Gasteiger partial charge in [-0.2, -0.15) is 13.2 Å². The van der Waals surface area contributed by atoms with Crippen molar-refractivity contribution in [2.24, 2.45) is 20.8 Å². The normalized spacial score (nSPS) is 17.2. The minimum Gasteiger partial charge on any atom is -0.311 e. The highest BCUT2D eigenvalue weighted by Crippen LogP contribution is 2.49. The molecule has 0 fully saturated rings. The number of para-hydroxylation sites is 2. The molecule has 0 atom stereocenters. The third kappa shape index (κ3) is 4.99. The smallest absolute Gasteiger partial charge is 0.311 e. The number of nitrogens with zero attached hydrogens (tertiary/aromatic N) is 3. The van der Waals surface area contributed by atoms with E-state index in [2.05, 4.69) is 86.1 Å². The van der Waals surface area contributed by atoms with Crippen LogP contribution in [-0.2, 0) is 6.18 Å². The van der Waals surface area contributed by atoms with Gasteiger partial charge in [-0.3, -0.25) is 0 Å². The molecule has 1 heterocycles. The number of aliphatic imine (C=N–C) groups is 2. The third-order valence-corrected chi connectivity index (χ3v) is 7.79.